The molecule has 0 saturated heterocycles. The molecule has 2 N–H and O–H groups in total. The minimum absolute atomic E-state index is 0.111. The van der Waals surface area contributed by atoms with Gasteiger partial charge in [0, 0.05) is 0 Å². The van der Waals surface area contributed by atoms with Gasteiger partial charge in [-0.1, -0.05) is 32.3 Å². The fourth-order valence-electron chi connectivity index (χ4n) is 1.15. The van der Waals surface area contributed by atoms with E-state index in [1.54, 1.807) is 11.8 Å². The van der Waals surface area contributed by atoms with Crippen LogP contribution in [-0.2, 0) is 5.75 Å². The summed E-state index contributed by atoms with van der Waals surface area (Å²) in [5.74, 6) is 2.10. The van der Waals surface area contributed by atoms with Gasteiger partial charge in [0.2, 0.25) is 5.89 Å². The third-order valence-corrected chi connectivity index (χ3v) is 3.04. The molecule has 1 atom stereocenters. The number of thioether (sulfide) groups is 1. The summed E-state index contributed by atoms with van der Waals surface area (Å²) in [6, 6.07) is -0.111. The van der Waals surface area contributed by atoms with Crippen LogP contribution in [0.2, 0.25) is 0 Å². The van der Waals surface area contributed by atoms with Crippen LogP contribution in [0, 0.1) is 0 Å². The van der Waals surface area contributed by atoms with E-state index in [1.807, 2.05) is 0 Å². The highest BCUT2D eigenvalue weighted by Crippen LogP contribution is 2.18. The number of hydrogen-bond acceptors (Lipinski definition) is 5. The summed E-state index contributed by atoms with van der Waals surface area (Å²) in [4.78, 5) is 4.28. The second-order valence-electron chi connectivity index (χ2n) is 3.80. The van der Waals surface area contributed by atoms with Crippen molar-refractivity contribution in [2.75, 3.05) is 0 Å². The van der Waals surface area contributed by atoms with Gasteiger partial charge in [-0.2, -0.15) is 16.7 Å². The lowest BCUT2D eigenvalue weighted by atomic mass is 10.2. The predicted octanol–water partition coefficient (Wildman–Crippen LogP) is 2.51. The van der Waals surface area contributed by atoms with Crippen molar-refractivity contribution >= 4 is 11.8 Å². The van der Waals surface area contributed by atoms with Crippen LogP contribution in [0.4, 0.5) is 0 Å². The molecule has 0 unspecified atom stereocenters. The highest BCUT2D eigenvalue weighted by Gasteiger charge is 2.13. The highest BCUT2D eigenvalue weighted by molar-refractivity contribution is 7.99. The maximum Gasteiger partial charge on any atom is 0.243 e. The van der Waals surface area contributed by atoms with Crippen LogP contribution in [0.5, 0.6) is 0 Å². The topological polar surface area (TPSA) is 64.9 Å². The van der Waals surface area contributed by atoms with Gasteiger partial charge in [-0.05, 0) is 11.7 Å². The average Bonchev–Trinajstić information content (AvgIpc) is 2.63. The summed E-state index contributed by atoms with van der Waals surface area (Å²) in [5, 5.41) is 4.48. The van der Waals surface area contributed by atoms with Crippen LogP contribution in [0.25, 0.3) is 0 Å². The van der Waals surface area contributed by atoms with Crippen molar-refractivity contribution in [3.8, 4) is 0 Å². The molecule has 0 fully saturated rings. The summed E-state index contributed by atoms with van der Waals surface area (Å²) >= 11 is 1.80. The Labute approximate surface area is 95.0 Å². The molecule has 0 aliphatic carbocycles. The molecule has 0 aromatic carbocycles. The molecule has 1 aromatic heterocycles. The van der Waals surface area contributed by atoms with Crippen molar-refractivity contribution in [1.29, 1.82) is 0 Å². The van der Waals surface area contributed by atoms with Gasteiger partial charge in [0.15, 0.2) is 5.82 Å². The Morgan fingerprint density at radius 1 is 1.47 bits per heavy atom. The van der Waals surface area contributed by atoms with Crippen LogP contribution in [0.3, 0.4) is 0 Å². The Hall–Kier alpha value is -0.550. The van der Waals surface area contributed by atoms with Crippen LogP contribution in [0.1, 0.15) is 51.4 Å². The molecule has 0 radical (unpaired) electrons. The van der Waals surface area contributed by atoms with Crippen LogP contribution < -0.4 is 5.73 Å². The van der Waals surface area contributed by atoms with Crippen molar-refractivity contribution in [3.63, 3.8) is 0 Å². The summed E-state index contributed by atoms with van der Waals surface area (Å²) in [7, 11) is 0. The summed E-state index contributed by atoms with van der Waals surface area (Å²) in [5.41, 5.74) is 5.87. The Kier molecular flexibility index (Phi) is 5.11. The van der Waals surface area contributed by atoms with E-state index in [1.165, 1.54) is 0 Å². The lowest BCUT2D eigenvalue weighted by Crippen LogP contribution is -2.10. The molecule has 1 aromatic rings. The van der Waals surface area contributed by atoms with Gasteiger partial charge in [0.1, 0.15) is 0 Å². The Balaban J connectivity index is 2.48. The zero-order chi connectivity index (χ0) is 11.3. The van der Waals surface area contributed by atoms with Gasteiger partial charge >= 0.3 is 0 Å². The fraction of sp³-hybridized carbons (Fsp3) is 0.800. The summed E-state index contributed by atoms with van der Waals surface area (Å²) < 4.78 is 5.11. The SMILES string of the molecule is CCC[C@@H](N)c1nc(CSC(C)C)no1. The van der Waals surface area contributed by atoms with Crippen molar-refractivity contribution in [1.82, 2.24) is 10.1 Å². The van der Waals surface area contributed by atoms with Crippen molar-refractivity contribution in [2.45, 2.75) is 50.7 Å². The highest BCUT2D eigenvalue weighted by atomic mass is 32.2. The Bertz CT molecular complexity index is 288. The summed E-state index contributed by atoms with van der Waals surface area (Å²) in [6.07, 6.45) is 1.92. The van der Waals surface area contributed by atoms with Gasteiger partial charge in [-0.15, -0.1) is 0 Å². The van der Waals surface area contributed by atoms with Gasteiger partial charge in [-0.3, -0.25) is 0 Å². The first-order valence-corrected chi connectivity index (χ1v) is 6.38. The standard InChI is InChI=1S/C10H19N3OS/c1-4-5-8(11)10-12-9(13-14-10)6-15-7(2)3/h7-8H,4-6,11H2,1-3H3/t8-/m1/s1. The minimum atomic E-state index is -0.111. The molecule has 0 bridgehead atoms. The fourth-order valence-corrected chi connectivity index (χ4v) is 1.75. The lowest BCUT2D eigenvalue weighted by molar-refractivity contribution is 0.345. The van der Waals surface area contributed by atoms with E-state index < -0.39 is 0 Å². The third-order valence-electron chi connectivity index (χ3n) is 1.95. The second-order valence-corrected chi connectivity index (χ2v) is 5.37. The molecule has 5 heteroatoms. The smallest absolute Gasteiger partial charge is 0.243 e. The molecule has 0 aliphatic heterocycles. The zero-order valence-electron chi connectivity index (χ0n) is 9.56. The molecule has 0 saturated carbocycles. The van der Waals surface area contributed by atoms with E-state index in [2.05, 4.69) is 30.9 Å². The summed E-state index contributed by atoms with van der Waals surface area (Å²) in [6.45, 7) is 6.38. The number of aromatic nitrogens is 2. The largest absolute Gasteiger partial charge is 0.338 e. The molecule has 15 heavy (non-hydrogen) atoms. The van der Waals surface area contributed by atoms with E-state index in [9.17, 15) is 0 Å². The Morgan fingerprint density at radius 3 is 2.80 bits per heavy atom. The van der Waals surface area contributed by atoms with Crippen LogP contribution in [0.15, 0.2) is 4.52 Å². The van der Waals surface area contributed by atoms with Gasteiger partial charge < -0.3 is 10.3 Å². The molecule has 86 valence electrons. The predicted molar refractivity (Wildman–Crippen MR) is 62.6 cm³/mol. The minimum Gasteiger partial charge on any atom is -0.338 e. The lowest BCUT2D eigenvalue weighted by Gasteiger charge is -2.02. The first-order valence-electron chi connectivity index (χ1n) is 5.33. The molecule has 0 amide bonds. The molecule has 4 nitrogen and oxygen atoms in total. The first-order chi connectivity index (χ1) is 7.13. The van der Waals surface area contributed by atoms with Crippen molar-refractivity contribution < 1.29 is 4.52 Å². The van der Waals surface area contributed by atoms with Gasteiger partial charge in [0.25, 0.3) is 0 Å². The average molecular weight is 229 g/mol. The monoisotopic (exact) mass is 229 g/mol. The van der Waals surface area contributed by atoms with Crippen molar-refractivity contribution in [2.24, 2.45) is 5.73 Å². The van der Waals surface area contributed by atoms with Crippen molar-refractivity contribution in [3.05, 3.63) is 11.7 Å². The molecule has 1 rings (SSSR count). The van der Waals surface area contributed by atoms with Crippen LogP contribution in [-0.4, -0.2) is 15.4 Å². The van der Waals surface area contributed by atoms with Crippen LogP contribution >= 0.6 is 11.8 Å². The van der Waals surface area contributed by atoms with E-state index >= 15 is 0 Å². The number of rotatable bonds is 6. The second kappa shape index (κ2) is 6.12. The quantitative estimate of drug-likeness (QED) is 0.812. The number of nitrogens with zero attached hydrogens (tertiary/aromatic N) is 2. The molecular formula is C10H19N3OS. The molecule has 0 aliphatic rings. The molecule has 0 spiro atoms. The Morgan fingerprint density at radius 2 is 2.20 bits per heavy atom. The first kappa shape index (κ1) is 12.5. The van der Waals surface area contributed by atoms with E-state index in [-0.39, 0.29) is 6.04 Å². The normalized spacial score (nSPS) is 13.4. The van der Waals surface area contributed by atoms with E-state index in [0.717, 1.165) is 24.4 Å². The maximum absolute atomic E-state index is 5.87. The third kappa shape index (κ3) is 4.22. The van der Waals surface area contributed by atoms with E-state index in [4.69, 9.17) is 10.3 Å². The number of hydrogen-bond donors (Lipinski definition) is 1. The number of nitrogens with two attached hydrogens (primary N) is 1. The molecular weight excluding hydrogens is 210 g/mol. The van der Waals surface area contributed by atoms with Gasteiger partial charge in [0.05, 0.1) is 11.8 Å². The van der Waals surface area contributed by atoms with E-state index in [0.29, 0.717) is 11.1 Å². The van der Waals surface area contributed by atoms with Gasteiger partial charge in [-0.25, -0.2) is 0 Å². The zero-order valence-corrected chi connectivity index (χ0v) is 10.4. The molecule has 1 heterocycles. The maximum atomic E-state index is 5.87.